The molecule has 6 nitrogen and oxygen atoms in total. The molecule has 0 aliphatic carbocycles. The fraction of sp³-hybridized carbons (Fsp3) is 0.150. The van der Waals surface area contributed by atoms with Gasteiger partial charge in [0.2, 0.25) is 0 Å². The largest absolute Gasteiger partial charge is 0.479 e. The van der Waals surface area contributed by atoms with Gasteiger partial charge in [-0.25, -0.2) is 9.79 Å². The van der Waals surface area contributed by atoms with Crippen LogP contribution in [-0.4, -0.2) is 30.8 Å². The minimum absolute atomic E-state index is 0.160. The second kappa shape index (κ2) is 9.75. The van der Waals surface area contributed by atoms with Crippen molar-refractivity contribution in [3.8, 4) is 5.75 Å². The Morgan fingerprint density at radius 1 is 1.20 bits per heavy atom. The zero-order chi connectivity index (χ0) is 21.8. The molecular weight excluding hydrogens is 471 g/mol. The number of halogens is 3. The van der Waals surface area contributed by atoms with Crippen LogP contribution in [0, 0.1) is 6.92 Å². The van der Waals surface area contributed by atoms with Crippen molar-refractivity contribution in [2.24, 2.45) is 4.99 Å². The number of aliphatic imine (C=N–C) groups is 1. The molecule has 1 aliphatic heterocycles. The maximum absolute atomic E-state index is 12.3. The van der Waals surface area contributed by atoms with Crippen molar-refractivity contribution >= 4 is 75.4 Å². The van der Waals surface area contributed by atoms with Gasteiger partial charge in [-0.05, 0) is 60.2 Å². The number of nitrogens with one attached hydrogen (secondary N) is 1. The number of amidine groups is 1. The van der Waals surface area contributed by atoms with E-state index in [1.807, 2.05) is 13.0 Å². The van der Waals surface area contributed by atoms with Crippen LogP contribution >= 0.6 is 46.6 Å². The predicted octanol–water partition coefficient (Wildman–Crippen LogP) is 5.40. The highest BCUT2D eigenvalue weighted by Gasteiger charge is 2.24. The van der Waals surface area contributed by atoms with E-state index in [4.69, 9.17) is 39.5 Å². The van der Waals surface area contributed by atoms with E-state index in [0.717, 1.165) is 5.56 Å². The number of methoxy groups -OCH3 is 1. The summed E-state index contributed by atoms with van der Waals surface area (Å²) in [5.74, 6) is -0.695. The molecule has 1 fully saturated rings. The Hall–Kier alpha value is -2.19. The van der Waals surface area contributed by atoms with Crippen LogP contribution in [0.3, 0.4) is 0 Å². The number of esters is 1. The van der Waals surface area contributed by atoms with Crippen molar-refractivity contribution in [2.75, 3.05) is 13.7 Å². The van der Waals surface area contributed by atoms with Crippen LogP contribution in [-0.2, 0) is 14.3 Å². The molecular formula is C20H15Cl3N2O4S. The average molecular weight is 486 g/mol. The Morgan fingerprint density at radius 2 is 1.90 bits per heavy atom. The third-order valence-electron chi connectivity index (χ3n) is 3.99. The Balaban J connectivity index is 1.81. The normalized spacial score (nSPS) is 16.1. The van der Waals surface area contributed by atoms with Crippen molar-refractivity contribution in [1.82, 2.24) is 5.32 Å². The van der Waals surface area contributed by atoms with Gasteiger partial charge in [0.1, 0.15) is 0 Å². The lowest BCUT2D eigenvalue weighted by Crippen LogP contribution is -2.19. The van der Waals surface area contributed by atoms with Gasteiger partial charge < -0.3 is 14.8 Å². The molecule has 0 spiro atoms. The molecule has 1 saturated heterocycles. The van der Waals surface area contributed by atoms with Crippen molar-refractivity contribution < 1.29 is 19.1 Å². The highest BCUT2D eigenvalue weighted by molar-refractivity contribution is 8.18. The molecule has 10 heteroatoms. The summed E-state index contributed by atoms with van der Waals surface area (Å²) in [6, 6.07) is 8.54. The quantitative estimate of drug-likeness (QED) is 0.453. The molecule has 0 radical (unpaired) electrons. The van der Waals surface area contributed by atoms with Crippen molar-refractivity contribution in [2.45, 2.75) is 6.92 Å². The fourth-order valence-electron chi connectivity index (χ4n) is 2.45. The minimum Gasteiger partial charge on any atom is -0.479 e. The van der Waals surface area contributed by atoms with E-state index < -0.39 is 5.97 Å². The summed E-state index contributed by atoms with van der Waals surface area (Å²) < 4.78 is 9.81. The van der Waals surface area contributed by atoms with Crippen LogP contribution in [0.2, 0.25) is 15.1 Å². The molecule has 2 aromatic rings. The van der Waals surface area contributed by atoms with E-state index in [9.17, 15) is 9.59 Å². The maximum Gasteiger partial charge on any atom is 0.343 e. The van der Waals surface area contributed by atoms with Crippen LogP contribution in [0.4, 0.5) is 5.69 Å². The van der Waals surface area contributed by atoms with Gasteiger partial charge in [-0.3, -0.25) is 4.79 Å². The molecule has 1 aliphatic rings. The average Bonchev–Trinajstić information content (AvgIpc) is 3.03. The lowest BCUT2D eigenvalue weighted by molar-refractivity contribution is -0.142. The highest BCUT2D eigenvalue weighted by atomic mass is 35.5. The minimum atomic E-state index is -0.561. The number of ether oxygens (including phenoxy) is 2. The summed E-state index contributed by atoms with van der Waals surface area (Å²) in [5, 5.41) is 4.15. The van der Waals surface area contributed by atoms with Crippen LogP contribution in [0.1, 0.15) is 11.1 Å². The Kier molecular flexibility index (Phi) is 7.31. The Labute approximate surface area is 192 Å². The molecule has 0 saturated carbocycles. The number of benzene rings is 2. The van der Waals surface area contributed by atoms with Gasteiger partial charge in [0.05, 0.1) is 27.7 Å². The first kappa shape index (κ1) is 22.5. The molecule has 1 heterocycles. The van der Waals surface area contributed by atoms with Gasteiger partial charge >= 0.3 is 5.97 Å². The maximum atomic E-state index is 12.3. The van der Waals surface area contributed by atoms with Gasteiger partial charge in [0.25, 0.3) is 5.91 Å². The Bertz CT molecular complexity index is 1060. The molecule has 3 rings (SSSR count). The second-order valence-corrected chi connectivity index (χ2v) is 8.30. The van der Waals surface area contributed by atoms with E-state index in [1.54, 1.807) is 30.3 Å². The van der Waals surface area contributed by atoms with E-state index in [2.05, 4.69) is 15.0 Å². The summed E-state index contributed by atoms with van der Waals surface area (Å²) in [5.41, 5.74) is 2.08. The van der Waals surface area contributed by atoms with Crippen LogP contribution in [0.15, 0.2) is 40.2 Å². The van der Waals surface area contributed by atoms with E-state index in [0.29, 0.717) is 26.3 Å². The van der Waals surface area contributed by atoms with Crippen LogP contribution in [0.5, 0.6) is 5.75 Å². The van der Waals surface area contributed by atoms with E-state index >= 15 is 0 Å². The SMILES string of the molecule is COC(=O)COc1c(Cl)cc(/C=C2/SC(=Nc3cccc(Cl)c3C)NC2=O)cc1Cl. The third-order valence-corrected chi connectivity index (χ3v) is 5.87. The van der Waals surface area contributed by atoms with Gasteiger partial charge in [-0.2, -0.15) is 0 Å². The van der Waals surface area contributed by atoms with E-state index in [-0.39, 0.29) is 28.3 Å². The number of amides is 1. The summed E-state index contributed by atoms with van der Waals surface area (Å²) in [7, 11) is 1.25. The van der Waals surface area contributed by atoms with Crippen molar-refractivity contribution in [3.05, 3.63) is 61.4 Å². The number of hydrogen-bond donors (Lipinski definition) is 1. The lowest BCUT2D eigenvalue weighted by atomic mass is 10.2. The van der Waals surface area contributed by atoms with Gasteiger partial charge in [-0.1, -0.05) is 40.9 Å². The molecule has 30 heavy (non-hydrogen) atoms. The Morgan fingerprint density at radius 3 is 2.57 bits per heavy atom. The summed E-state index contributed by atoms with van der Waals surface area (Å²) in [4.78, 5) is 28.4. The molecule has 0 atom stereocenters. The third kappa shape index (κ3) is 5.29. The zero-order valence-electron chi connectivity index (χ0n) is 15.8. The molecule has 0 aromatic heterocycles. The first-order valence-electron chi connectivity index (χ1n) is 8.52. The number of thioether (sulfide) groups is 1. The number of nitrogens with zero attached hydrogens (tertiary/aromatic N) is 1. The standard InChI is InChI=1S/C20H15Cl3N2O4S/c1-10-12(21)4-3-5-15(10)24-20-25-19(27)16(30-20)8-11-6-13(22)18(14(23)7-11)29-9-17(26)28-2/h3-8H,9H2,1-2H3,(H,24,25,27)/b16-8+. The predicted molar refractivity (Wildman–Crippen MR) is 121 cm³/mol. The van der Waals surface area contributed by atoms with Gasteiger partial charge in [0, 0.05) is 5.02 Å². The number of carbonyl (C=O) groups excluding carboxylic acids is 2. The molecule has 1 N–H and O–H groups in total. The number of carbonyl (C=O) groups is 2. The topological polar surface area (TPSA) is 77.0 Å². The first-order valence-corrected chi connectivity index (χ1v) is 10.5. The smallest absolute Gasteiger partial charge is 0.343 e. The highest BCUT2D eigenvalue weighted by Crippen LogP contribution is 2.36. The molecule has 0 unspecified atom stereocenters. The lowest BCUT2D eigenvalue weighted by Gasteiger charge is -2.10. The first-order chi connectivity index (χ1) is 14.3. The molecule has 1 amide bonds. The molecule has 0 bridgehead atoms. The second-order valence-electron chi connectivity index (χ2n) is 6.04. The summed E-state index contributed by atoms with van der Waals surface area (Å²) >= 11 is 19.7. The summed E-state index contributed by atoms with van der Waals surface area (Å²) in [6.07, 6.45) is 1.63. The number of rotatable bonds is 5. The monoisotopic (exact) mass is 484 g/mol. The van der Waals surface area contributed by atoms with Crippen LogP contribution in [0.25, 0.3) is 6.08 Å². The van der Waals surface area contributed by atoms with Crippen LogP contribution < -0.4 is 10.1 Å². The van der Waals surface area contributed by atoms with Gasteiger partial charge in [0.15, 0.2) is 17.5 Å². The molecule has 156 valence electrons. The molecule has 2 aromatic carbocycles. The van der Waals surface area contributed by atoms with Gasteiger partial charge in [-0.15, -0.1) is 0 Å². The van der Waals surface area contributed by atoms with Crippen molar-refractivity contribution in [3.63, 3.8) is 0 Å². The van der Waals surface area contributed by atoms with E-state index in [1.165, 1.54) is 18.9 Å². The van der Waals surface area contributed by atoms with Crippen molar-refractivity contribution in [1.29, 1.82) is 0 Å². The number of hydrogen-bond acceptors (Lipinski definition) is 6. The zero-order valence-corrected chi connectivity index (χ0v) is 18.9. The summed E-state index contributed by atoms with van der Waals surface area (Å²) in [6.45, 7) is 1.53. The fourth-order valence-corrected chi connectivity index (χ4v) is 4.07.